The summed E-state index contributed by atoms with van der Waals surface area (Å²) in [6.07, 6.45) is 1.07. The summed E-state index contributed by atoms with van der Waals surface area (Å²) < 4.78 is 12.6. The van der Waals surface area contributed by atoms with Crippen LogP contribution in [0.25, 0.3) is 0 Å². The predicted molar refractivity (Wildman–Crippen MR) is 49.6 cm³/mol. The monoisotopic (exact) mass is 192 g/mol. The second kappa shape index (κ2) is 4.38. The van der Waals surface area contributed by atoms with Gasteiger partial charge in [0.1, 0.15) is 11.5 Å². The van der Waals surface area contributed by atoms with Crippen LogP contribution < -0.4 is 5.73 Å². The summed E-state index contributed by atoms with van der Waals surface area (Å²) in [5.41, 5.74) is 6.00. The maximum Gasteiger partial charge on any atom is 0.229 e. The zero-order valence-corrected chi connectivity index (χ0v) is 7.67. The average Bonchev–Trinajstić information content (AvgIpc) is 2.08. The lowest BCUT2D eigenvalue weighted by atomic mass is 10.2. The molecular weight excluding hydrogens is 183 g/mol. The summed E-state index contributed by atoms with van der Waals surface area (Å²) in [7, 11) is 0. The Balaban J connectivity index is 2.85. The van der Waals surface area contributed by atoms with Crippen LogP contribution in [0.2, 0.25) is 0 Å². The molecule has 72 valence electrons. The zero-order chi connectivity index (χ0) is 10.6. The van der Waals surface area contributed by atoms with Gasteiger partial charge in [0.2, 0.25) is 5.91 Å². The van der Waals surface area contributed by atoms with E-state index in [1.807, 2.05) is 0 Å². The number of aromatic nitrogens is 1. The van der Waals surface area contributed by atoms with Gasteiger partial charge in [0.25, 0.3) is 0 Å². The molecule has 2 N–H and O–H groups in total. The molecule has 0 aliphatic rings. The molecule has 0 saturated heterocycles. The van der Waals surface area contributed by atoms with Gasteiger partial charge in [0, 0.05) is 0 Å². The number of nitrogens with two attached hydrogens (primary N) is 1. The maximum absolute atomic E-state index is 12.6. The number of aryl methyl sites for hydroxylation is 1. The lowest BCUT2D eigenvalue weighted by molar-refractivity contribution is -0.117. The minimum atomic E-state index is -0.489. The molecule has 0 unspecified atom stereocenters. The number of halogens is 1. The average molecular weight is 192 g/mol. The molecule has 0 bridgehead atoms. The Kier molecular flexibility index (Phi) is 3.19. The molecular formula is C10H9FN2O. The van der Waals surface area contributed by atoms with E-state index in [2.05, 4.69) is 16.8 Å². The summed E-state index contributed by atoms with van der Waals surface area (Å²) in [5.74, 6) is 4.31. The summed E-state index contributed by atoms with van der Waals surface area (Å²) in [4.78, 5) is 14.1. The molecule has 0 aliphatic carbocycles. The fraction of sp³-hybridized carbons (Fsp3) is 0.200. The van der Waals surface area contributed by atoms with Crippen molar-refractivity contribution < 1.29 is 9.18 Å². The molecule has 1 rings (SSSR count). The van der Waals surface area contributed by atoms with E-state index in [0.29, 0.717) is 11.3 Å². The van der Waals surface area contributed by atoms with Crippen LogP contribution in [0, 0.1) is 24.6 Å². The minimum Gasteiger partial charge on any atom is -0.369 e. The largest absolute Gasteiger partial charge is 0.369 e. The van der Waals surface area contributed by atoms with Crippen LogP contribution in [0.15, 0.2) is 12.3 Å². The van der Waals surface area contributed by atoms with Crippen molar-refractivity contribution >= 4 is 5.91 Å². The number of pyridine rings is 1. The second-order valence-electron chi connectivity index (χ2n) is 2.76. The second-order valence-corrected chi connectivity index (χ2v) is 2.76. The summed E-state index contributed by atoms with van der Waals surface area (Å²) in [6.45, 7) is 1.70. The van der Waals surface area contributed by atoms with Crippen LogP contribution in [0.4, 0.5) is 4.39 Å². The van der Waals surface area contributed by atoms with Gasteiger partial charge in [0.15, 0.2) is 0 Å². The zero-order valence-electron chi connectivity index (χ0n) is 7.67. The molecule has 0 aliphatic heterocycles. The highest BCUT2D eigenvalue weighted by Crippen LogP contribution is 2.04. The number of carbonyl (C=O) groups excluding carboxylic acids is 1. The molecule has 1 aromatic rings. The smallest absolute Gasteiger partial charge is 0.229 e. The lowest BCUT2D eigenvalue weighted by Crippen LogP contribution is -2.08. The predicted octanol–water partition coefficient (Wildman–Crippen LogP) is 0.756. The molecule has 0 saturated carbocycles. The molecule has 4 heteroatoms. The Hall–Kier alpha value is -1.89. The molecule has 0 atom stereocenters. The van der Waals surface area contributed by atoms with E-state index in [0.717, 1.165) is 6.20 Å². The fourth-order valence-electron chi connectivity index (χ4n) is 0.886. The van der Waals surface area contributed by atoms with Crippen molar-refractivity contribution in [1.29, 1.82) is 0 Å². The molecule has 0 spiro atoms. The van der Waals surface area contributed by atoms with Gasteiger partial charge in [-0.15, -0.1) is 0 Å². The number of hydrogen-bond donors (Lipinski definition) is 1. The first-order valence-corrected chi connectivity index (χ1v) is 3.99. The maximum atomic E-state index is 12.6. The standard InChI is InChI=1S/C10H9FN2O/c1-7-5-8(11)6-13-9(7)3-2-4-10(12)14/h5-6H,4H2,1H3,(H2,12,14). The van der Waals surface area contributed by atoms with Crippen molar-refractivity contribution in [2.45, 2.75) is 13.3 Å². The summed E-state index contributed by atoms with van der Waals surface area (Å²) in [5, 5.41) is 0. The normalized spacial score (nSPS) is 9.00. The van der Waals surface area contributed by atoms with Crippen LogP contribution in [0.3, 0.4) is 0 Å². The molecule has 0 aromatic carbocycles. The van der Waals surface area contributed by atoms with Crippen molar-refractivity contribution in [2.75, 3.05) is 0 Å². The number of carbonyl (C=O) groups is 1. The van der Waals surface area contributed by atoms with Crippen molar-refractivity contribution in [3.63, 3.8) is 0 Å². The van der Waals surface area contributed by atoms with Crippen molar-refractivity contribution in [3.8, 4) is 11.8 Å². The molecule has 1 heterocycles. The molecule has 0 fully saturated rings. The Morgan fingerprint density at radius 2 is 2.43 bits per heavy atom. The highest BCUT2D eigenvalue weighted by molar-refractivity contribution is 5.76. The van der Waals surface area contributed by atoms with Crippen LogP contribution in [-0.2, 0) is 4.79 Å². The van der Waals surface area contributed by atoms with Crippen molar-refractivity contribution in [1.82, 2.24) is 4.98 Å². The third kappa shape index (κ3) is 2.87. The molecule has 0 radical (unpaired) electrons. The van der Waals surface area contributed by atoms with Gasteiger partial charge in [-0.2, -0.15) is 0 Å². The number of amides is 1. The highest BCUT2D eigenvalue weighted by Gasteiger charge is 1.97. The molecule has 1 aromatic heterocycles. The third-order valence-electron chi connectivity index (χ3n) is 1.51. The number of nitrogens with zero attached hydrogens (tertiary/aromatic N) is 1. The third-order valence-corrected chi connectivity index (χ3v) is 1.51. The van der Waals surface area contributed by atoms with Gasteiger partial charge >= 0.3 is 0 Å². The number of rotatable bonds is 1. The van der Waals surface area contributed by atoms with Gasteiger partial charge < -0.3 is 5.73 Å². The van der Waals surface area contributed by atoms with Gasteiger partial charge in [-0.25, -0.2) is 9.37 Å². The van der Waals surface area contributed by atoms with Crippen LogP contribution in [-0.4, -0.2) is 10.9 Å². The SMILES string of the molecule is Cc1cc(F)cnc1C#CCC(N)=O. The highest BCUT2D eigenvalue weighted by atomic mass is 19.1. The van der Waals surface area contributed by atoms with Crippen molar-refractivity contribution in [2.24, 2.45) is 5.73 Å². The first-order valence-electron chi connectivity index (χ1n) is 3.99. The Labute approximate surface area is 81.1 Å². The summed E-state index contributed by atoms with van der Waals surface area (Å²) >= 11 is 0. The Bertz CT molecular complexity index is 418. The van der Waals surface area contributed by atoms with E-state index < -0.39 is 11.7 Å². The van der Waals surface area contributed by atoms with E-state index in [1.165, 1.54) is 6.07 Å². The van der Waals surface area contributed by atoms with E-state index in [9.17, 15) is 9.18 Å². The van der Waals surface area contributed by atoms with Gasteiger partial charge in [-0.1, -0.05) is 5.92 Å². The number of primary amides is 1. The van der Waals surface area contributed by atoms with Gasteiger partial charge in [0.05, 0.1) is 12.6 Å². The number of hydrogen-bond acceptors (Lipinski definition) is 2. The van der Waals surface area contributed by atoms with E-state index in [4.69, 9.17) is 5.73 Å². The fourth-order valence-corrected chi connectivity index (χ4v) is 0.886. The van der Waals surface area contributed by atoms with Gasteiger partial charge in [-0.05, 0) is 24.5 Å². The Morgan fingerprint density at radius 3 is 3.00 bits per heavy atom. The first kappa shape index (κ1) is 10.2. The topological polar surface area (TPSA) is 56.0 Å². The van der Waals surface area contributed by atoms with Crippen LogP contribution in [0.5, 0.6) is 0 Å². The quantitative estimate of drug-likeness (QED) is 0.668. The van der Waals surface area contributed by atoms with Gasteiger partial charge in [-0.3, -0.25) is 4.79 Å². The Morgan fingerprint density at radius 1 is 1.71 bits per heavy atom. The van der Waals surface area contributed by atoms with Crippen LogP contribution in [0.1, 0.15) is 17.7 Å². The van der Waals surface area contributed by atoms with E-state index in [-0.39, 0.29) is 6.42 Å². The molecule has 3 nitrogen and oxygen atoms in total. The van der Waals surface area contributed by atoms with Crippen LogP contribution >= 0.6 is 0 Å². The first-order chi connectivity index (χ1) is 6.59. The van der Waals surface area contributed by atoms with E-state index in [1.54, 1.807) is 6.92 Å². The van der Waals surface area contributed by atoms with E-state index >= 15 is 0 Å². The molecule has 1 amide bonds. The summed E-state index contributed by atoms with van der Waals surface area (Å²) in [6, 6.07) is 1.33. The lowest BCUT2D eigenvalue weighted by Gasteiger charge is -1.95. The minimum absolute atomic E-state index is 0.0154. The molecule has 14 heavy (non-hydrogen) atoms. The van der Waals surface area contributed by atoms with Crippen molar-refractivity contribution in [3.05, 3.63) is 29.3 Å².